The summed E-state index contributed by atoms with van der Waals surface area (Å²) >= 11 is 1.38. The van der Waals surface area contributed by atoms with Crippen LogP contribution in [0.15, 0.2) is 5.38 Å². The van der Waals surface area contributed by atoms with E-state index >= 15 is 0 Å². The van der Waals surface area contributed by atoms with Gasteiger partial charge in [0.2, 0.25) is 0 Å². The van der Waals surface area contributed by atoms with E-state index in [4.69, 9.17) is 0 Å². The summed E-state index contributed by atoms with van der Waals surface area (Å²) in [6.45, 7) is 5.91. The summed E-state index contributed by atoms with van der Waals surface area (Å²) < 4.78 is 0. The second-order valence-electron chi connectivity index (χ2n) is 4.03. The molecule has 1 rings (SSSR count). The molecular formula is C11H19N3O2S. The first-order valence-corrected chi connectivity index (χ1v) is 6.56. The number of aliphatic hydroxyl groups is 1. The fourth-order valence-electron chi connectivity index (χ4n) is 1.30. The zero-order chi connectivity index (χ0) is 12.9. The topological polar surface area (TPSA) is 74.2 Å². The zero-order valence-electron chi connectivity index (χ0n) is 10.4. The van der Waals surface area contributed by atoms with Crippen molar-refractivity contribution in [2.45, 2.75) is 39.2 Å². The highest BCUT2D eigenvalue weighted by Crippen LogP contribution is 2.15. The molecule has 17 heavy (non-hydrogen) atoms. The van der Waals surface area contributed by atoms with Crippen LogP contribution in [0.4, 0.5) is 9.93 Å². The summed E-state index contributed by atoms with van der Waals surface area (Å²) in [5.41, 5.74) is 0.0554. The van der Waals surface area contributed by atoms with Gasteiger partial charge in [0.1, 0.15) is 0 Å². The number of urea groups is 1. The van der Waals surface area contributed by atoms with E-state index in [-0.39, 0.29) is 12.6 Å². The van der Waals surface area contributed by atoms with Gasteiger partial charge < -0.3 is 10.4 Å². The smallest absolute Gasteiger partial charge is 0.321 e. The van der Waals surface area contributed by atoms with Gasteiger partial charge in [0, 0.05) is 11.9 Å². The van der Waals surface area contributed by atoms with Crippen molar-refractivity contribution >= 4 is 22.5 Å². The van der Waals surface area contributed by atoms with Crippen molar-refractivity contribution in [1.29, 1.82) is 0 Å². The van der Waals surface area contributed by atoms with Gasteiger partial charge in [0.25, 0.3) is 0 Å². The van der Waals surface area contributed by atoms with E-state index in [1.165, 1.54) is 11.3 Å². The van der Waals surface area contributed by atoms with Crippen LogP contribution in [0.5, 0.6) is 0 Å². The van der Waals surface area contributed by atoms with E-state index in [0.29, 0.717) is 18.0 Å². The predicted octanol–water partition coefficient (Wildman–Crippen LogP) is 2.12. The van der Waals surface area contributed by atoms with Crippen LogP contribution >= 0.6 is 11.3 Å². The molecule has 0 unspecified atom stereocenters. The SMILES string of the molecule is CCC(O)(CC)CNC(=O)Nc1nc(C)cs1. The maximum absolute atomic E-state index is 11.5. The van der Waals surface area contributed by atoms with Crippen molar-refractivity contribution < 1.29 is 9.90 Å². The molecule has 0 aliphatic rings. The summed E-state index contributed by atoms with van der Waals surface area (Å²) in [6, 6.07) is -0.334. The normalized spacial score (nSPS) is 11.3. The lowest BCUT2D eigenvalue weighted by Crippen LogP contribution is -2.43. The Bertz CT molecular complexity index is 375. The second-order valence-corrected chi connectivity index (χ2v) is 4.89. The van der Waals surface area contributed by atoms with Crippen LogP contribution in [0.25, 0.3) is 0 Å². The van der Waals surface area contributed by atoms with Crippen LogP contribution < -0.4 is 10.6 Å². The molecule has 0 aliphatic heterocycles. The van der Waals surface area contributed by atoms with Gasteiger partial charge in [-0.15, -0.1) is 11.3 Å². The summed E-state index contributed by atoms with van der Waals surface area (Å²) in [5.74, 6) is 0. The number of amides is 2. The Kier molecular flexibility index (Phi) is 4.89. The summed E-state index contributed by atoms with van der Waals surface area (Å²) in [6.07, 6.45) is 1.22. The Balaban J connectivity index is 2.40. The van der Waals surface area contributed by atoms with Gasteiger partial charge in [-0.05, 0) is 19.8 Å². The average Bonchev–Trinajstić information content (AvgIpc) is 2.72. The van der Waals surface area contributed by atoms with Crippen molar-refractivity contribution in [1.82, 2.24) is 10.3 Å². The molecule has 96 valence electrons. The molecule has 0 atom stereocenters. The lowest BCUT2D eigenvalue weighted by atomic mass is 9.98. The molecule has 0 fully saturated rings. The van der Waals surface area contributed by atoms with E-state index in [2.05, 4.69) is 15.6 Å². The Hall–Kier alpha value is -1.14. The molecule has 0 saturated carbocycles. The third kappa shape index (κ3) is 4.32. The van der Waals surface area contributed by atoms with E-state index < -0.39 is 5.60 Å². The molecule has 6 heteroatoms. The van der Waals surface area contributed by atoms with Gasteiger partial charge in [-0.1, -0.05) is 13.8 Å². The minimum absolute atomic E-state index is 0.246. The Labute approximate surface area is 105 Å². The maximum atomic E-state index is 11.5. The third-order valence-corrected chi connectivity index (χ3v) is 3.61. The number of hydrogen-bond donors (Lipinski definition) is 3. The Morgan fingerprint density at radius 1 is 1.53 bits per heavy atom. The third-order valence-electron chi connectivity index (χ3n) is 2.73. The van der Waals surface area contributed by atoms with Crippen molar-refractivity contribution in [2.24, 2.45) is 0 Å². The lowest BCUT2D eigenvalue weighted by molar-refractivity contribution is 0.0354. The summed E-state index contributed by atoms with van der Waals surface area (Å²) in [7, 11) is 0. The quantitative estimate of drug-likeness (QED) is 0.756. The first kappa shape index (κ1) is 13.9. The van der Waals surface area contributed by atoms with E-state index in [1.807, 2.05) is 26.2 Å². The van der Waals surface area contributed by atoms with Gasteiger partial charge >= 0.3 is 6.03 Å². The van der Waals surface area contributed by atoms with Crippen LogP contribution in [0.3, 0.4) is 0 Å². The molecule has 1 aromatic heterocycles. The molecule has 5 nitrogen and oxygen atoms in total. The van der Waals surface area contributed by atoms with Gasteiger partial charge in [-0.25, -0.2) is 9.78 Å². The maximum Gasteiger partial charge on any atom is 0.321 e. The minimum atomic E-state index is -0.823. The minimum Gasteiger partial charge on any atom is -0.388 e. The molecule has 1 aromatic rings. The molecule has 0 aromatic carbocycles. The van der Waals surface area contributed by atoms with Gasteiger partial charge in [-0.3, -0.25) is 5.32 Å². The van der Waals surface area contributed by atoms with E-state index in [0.717, 1.165) is 5.69 Å². The van der Waals surface area contributed by atoms with E-state index in [9.17, 15) is 9.90 Å². The number of rotatable bonds is 5. The largest absolute Gasteiger partial charge is 0.388 e. The molecular weight excluding hydrogens is 238 g/mol. The molecule has 0 radical (unpaired) electrons. The number of aromatic nitrogens is 1. The Morgan fingerprint density at radius 3 is 2.65 bits per heavy atom. The van der Waals surface area contributed by atoms with Gasteiger partial charge in [0.15, 0.2) is 5.13 Å². The summed E-state index contributed by atoms with van der Waals surface area (Å²) in [4.78, 5) is 15.7. The molecule has 1 heterocycles. The number of thiazole rings is 1. The lowest BCUT2D eigenvalue weighted by Gasteiger charge is -2.25. The van der Waals surface area contributed by atoms with Crippen molar-refractivity contribution in [3.8, 4) is 0 Å². The highest BCUT2D eigenvalue weighted by atomic mass is 32.1. The number of hydrogen-bond acceptors (Lipinski definition) is 4. The molecule has 0 spiro atoms. The highest BCUT2D eigenvalue weighted by molar-refractivity contribution is 7.13. The highest BCUT2D eigenvalue weighted by Gasteiger charge is 2.22. The van der Waals surface area contributed by atoms with Gasteiger partial charge in [-0.2, -0.15) is 0 Å². The molecule has 0 saturated heterocycles. The van der Waals surface area contributed by atoms with E-state index in [1.54, 1.807) is 0 Å². The molecule has 0 aliphatic carbocycles. The molecule has 2 amide bonds. The standard InChI is InChI=1S/C11H19N3O2S/c1-4-11(16,5-2)7-12-9(15)14-10-13-8(3)6-17-10/h6,16H,4-5,7H2,1-3H3,(H2,12,13,14,15). The fourth-order valence-corrected chi connectivity index (χ4v) is 1.98. The fraction of sp³-hybridized carbons (Fsp3) is 0.636. The number of nitrogens with one attached hydrogen (secondary N) is 2. The number of nitrogens with zero attached hydrogens (tertiary/aromatic N) is 1. The molecule has 0 bridgehead atoms. The van der Waals surface area contributed by atoms with Crippen LogP contribution in [-0.2, 0) is 0 Å². The number of carbonyl (C=O) groups excluding carboxylic acids is 1. The Morgan fingerprint density at radius 2 is 2.18 bits per heavy atom. The first-order chi connectivity index (χ1) is 7.99. The van der Waals surface area contributed by atoms with Gasteiger partial charge in [0.05, 0.1) is 11.3 Å². The average molecular weight is 257 g/mol. The van der Waals surface area contributed by atoms with Crippen LogP contribution in [0.2, 0.25) is 0 Å². The second kappa shape index (κ2) is 5.97. The van der Waals surface area contributed by atoms with Crippen LogP contribution in [0, 0.1) is 6.92 Å². The van der Waals surface area contributed by atoms with Crippen molar-refractivity contribution in [3.63, 3.8) is 0 Å². The summed E-state index contributed by atoms with van der Waals surface area (Å²) in [5, 5.41) is 17.7. The zero-order valence-corrected chi connectivity index (χ0v) is 11.2. The number of carbonyl (C=O) groups is 1. The van der Waals surface area contributed by atoms with Crippen molar-refractivity contribution in [3.05, 3.63) is 11.1 Å². The first-order valence-electron chi connectivity index (χ1n) is 5.68. The molecule has 3 N–H and O–H groups in total. The van der Waals surface area contributed by atoms with Crippen LogP contribution in [0.1, 0.15) is 32.4 Å². The monoisotopic (exact) mass is 257 g/mol. The number of anilines is 1. The van der Waals surface area contributed by atoms with Crippen LogP contribution in [-0.4, -0.2) is 28.3 Å². The van der Waals surface area contributed by atoms with Crippen molar-refractivity contribution in [2.75, 3.05) is 11.9 Å². The number of aryl methyl sites for hydroxylation is 1. The predicted molar refractivity (Wildman–Crippen MR) is 69.4 cm³/mol.